The fourth-order valence-electron chi connectivity index (χ4n) is 1.30. The van der Waals surface area contributed by atoms with Crippen molar-refractivity contribution in [1.82, 2.24) is 5.32 Å². The van der Waals surface area contributed by atoms with Crippen LogP contribution in [0.3, 0.4) is 0 Å². The Hall–Kier alpha value is -0.830. The lowest BCUT2D eigenvalue weighted by Gasteiger charge is -2.11. The average Bonchev–Trinajstić information content (AvgIpc) is 2.65. The van der Waals surface area contributed by atoms with Gasteiger partial charge in [-0.1, -0.05) is 13.0 Å². The number of hydrogen-bond donors (Lipinski definition) is 1. The number of hydrogen-bond acceptors (Lipinski definition) is 2. The fourth-order valence-corrected chi connectivity index (χ4v) is 2.08. The Morgan fingerprint density at radius 1 is 1.69 bits per heavy atom. The molecule has 0 aliphatic rings. The van der Waals surface area contributed by atoms with E-state index < -0.39 is 0 Å². The maximum absolute atomic E-state index is 11.4. The van der Waals surface area contributed by atoms with Gasteiger partial charge in [0.05, 0.1) is 0 Å². The minimum absolute atomic E-state index is 0.128. The third kappa shape index (κ3) is 2.84. The summed E-state index contributed by atoms with van der Waals surface area (Å²) >= 11 is 1.71. The second kappa shape index (κ2) is 5.02. The van der Waals surface area contributed by atoms with Gasteiger partial charge in [-0.25, -0.2) is 0 Å². The molecule has 0 bridgehead atoms. The van der Waals surface area contributed by atoms with Gasteiger partial charge in [-0.2, -0.15) is 0 Å². The van der Waals surface area contributed by atoms with Gasteiger partial charge in [-0.3, -0.25) is 4.79 Å². The Bertz CT molecular complexity index is 256. The molecule has 1 heterocycles. The van der Waals surface area contributed by atoms with Crippen molar-refractivity contribution in [3.8, 4) is 0 Å². The molecule has 0 aliphatic carbocycles. The number of carbonyl (C=O) groups is 1. The molecule has 0 saturated carbocycles. The number of nitrogens with one attached hydrogen (secondary N) is 1. The van der Waals surface area contributed by atoms with Crippen molar-refractivity contribution in [1.29, 1.82) is 0 Å². The van der Waals surface area contributed by atoms with Gasteiger partial charge in [0.25, 0.3) is 0 Å². The SMILES string of the molecule is CC[C@H](Cc1cccs1)C(=O)NC. The Balaban J connectivity index is 2.54. The molecule has 1 amide bonds. The van der Waals surface area contributed by atoms with Crippen molar-refractivity contribution in [3.05, 3.63) is 22.4 Å². The van der Waals surface area contributed by atoms with E-state index in [2.05, 4.69) is 11.4 Å². The predicted molar refractivity (Wildman–Crippen MR) is 55.9 cm³/mol. The number of rotatable bonds is 4. The van der Waals surface area contributed by atoms with Gasteiger partial charge in [0.2, 0.25) is 5.91 Å². The van der Waals surface area contributed by atoms with Crippen molar-refractivity contribution >= 4 is 17.2 Å². The molecule has 1 aromatic rings. The van der Waals surface area contributed by atoms with Gasteiger partial charge in [0, 0.05) is 17.8 Å². The second-order valence-corrected chi connectivity index (χ2v) is 4.04. The monoisotopic (exact) mass is 197 g/mol. The second-order valence-electron chi connectivity index (χ2n) is 3.00. The standard InChI is InChI=1S/C10H15NOS/c1-3-8(10(12)11-2)7-9-5-4-6-13-9/h4-6,8H,3,7H2,1-2H3,(H,11,12)/t8-/m1/s1. The molecule has 0 aromatic carbocycles. The zero-order valence-electron chi connectivity index (χ0n) is 8.04. The summed E-state index contributed by atoms with van der Waals surface area (Å²) in [5.41, 5.74) is 0. The maximum Gasteiger partial charge on any atom is 0.223 e. The molecule has 1 rings (SSSR count). The third-order valence-electron chi connectivity index (χ3n) is 2.14. The van der Waals surface area contributed by atoms with Crippen LogP contribution in [-0.4, -0.2) is 13.0 Å². The lowest BCUT2D eigenvalue weighted by Crippen LogP contribution is -2.28. The summed E-state index contributed by atoms with van der Waals surface area (Å²) in [5, 5.41) is 4.74. The van der Waals surface area contributed by atoms with Gasteiger partial charge in [-0.15, -0.1) is 11.3 Å². The van der Waals surface area contributed by atoms with E-state index in [1.54, 1.807) is 18.4 Å². The summed E-state index contributed by atoms with van der Waals surface area (Å²) in [6, 6.07) is 4.10. The Morgan fingerprint density at radius 3 is 2.92 bits per heavy atom. The molecule has 0 aliphatic heterocycles. The summed E-state index contributed by atoms with van der Waals surface area (Å²) in [4.78, 5) is 12.7. The highest BCUT2D eigenvalue weighted by Gasteiger charge is 2.15. The van der Waals surface area contributed by atoms with E-state index in [0.717, 1.165) is 12.8 Å². The van der Waals surface area contributed by atoms with Crippen LogP contribution in [0.2, 0.25) is 0 Å². The van der Waals surface area contributed by atoms with E-state index in [0.29, 0.717) is 0 Å². The molecule has 1 N–H and O–H groups in total. The van der Waals surface area contributed by atoms with Gasteiger partial charge in [0.15, 0.2) is 0 Å². The minimum Gasteiger partial charge on any atom is -0.359 e. The summed E-state index contributed by atoms with van der Waals surface area (Å²) in [5.74, 6) is 0.277. The van der Waals surface area contributed by atoms with E-state index >= 15 is 0 Å². The molecule has 0 radical (unpaired) electrons. The molecule has 0 fully saturated rings. The molecule has 0 unspecified atom stereocenters. The number of amides is 1. The first-order chi connectivity index (χ1) is 6.27. The third-order valence-corrected chi connectivity index (χ3v) is 3.04. The van der Waals surface area contributed by atoms with Crippen LogP contribution in [0.1, 0.15) is 18.2 Å². The highest BCUT2D eigenvalue weighted by atomic mass is 32.1. The Kier molecular flexibility index (Phi) is 3.96. The van der Waals surface area contributed by atoms with Crippen LogP contribution in [0, 0.1) is 5.92 Å². The molecular weight excluding hydrogens is 182 g/mol. The highest BCUT2D eigenvalue weighted by molar-refractivity contribution is 7.09. The van der Waals surface area contributed by atoms with Crippen LogP contribution in [0.5, 0.6) is 0 Å². The van der Waals surface area contributed by atoms with Crippen LogP contribution < -0.4 is 5.32 Å². The molecular formula is C10H15NOS. The van der Waals surface area contributed by atoms with E-state index in [9.17, 15) is 4.79 Å². The molecule has 13 heavy (non-hydrogen) atoms. The lowest BCUT2D eigenvalue weighted by molar-refractivity contribution is -0.124. The van der Waals surface area contributed by atoms with E-state index in [4.69, 9.17) is 0 Å². The molecule has 2 nitrogen and oxygen atoms in total. The quantitative estimate of drug-likeness (QED) is 0.786. The fraction of sp³-hybridized carbons (Fsp3) is 0.500. The molecule has 72 valence electrons. The van der Waals surface area contributed by atoms with Crippen molar-refractivity contribution in [2.45, 2.75) is 19.8 Å². The van der Waals surface area contributed by atoms with E-state index in [1.165, 1.54) is 4.88 Å². The van der Waals surface area contributed by atoms with E-state index in [1.807, 2.05) is 18.4 Å². The van der Waals surface area contributed by atoms with Gasteiger partial charge >= 0.3 is 0 Å². The molecule has 0 spiro atoms. The van der Waals surface area contributed by atoms with Crippen LogP contribution in [0.15, 0.2) is 17.5 Å². The largest absolute Gasteiger partial charge is 0.359 e. The highest BCUT2D eigenvalue weighted by Crippen LogP contribution is 2.16. The Labute approximate surface area is 83.0 Å². The van der Waals surface area contributed by atoms with Crippen LogP contribution in [0.4, 0.5) is 0 Å². The van der Waals surface area contributed by atoms with Crippen LogP contribution in [0.25, 0.3) is 0 Å². The van der Waals surface area contributed by atoms with Crippen molar-refractivity contribution in [3.63, 3.8) is 0 Å². The van der Waals surface area contributed by atoms with E-state index in [-0.39, 0.29) is 11.8 Å². The summed E-state index contributed by atoms with van der Waals surface area (Å²) in [6.07, 6.45) is 1.77. The summed E-state index contributed by atoms with van der Waals surface area (Å²) in [6.45, 7) is 2.05. The first kappa shape index (κ1) is 10.3. The van der Waals surface area contributed by atoms with Crippen molar-refractivity contribution in [2.24, 2.45) is 5.92 Å². The molecule has 1 aromatic heterocycles. The average molecular weight is 197 g/mol. The first-order valence-electron chi connectivity index (χ1n) is 4.52. The first-order valence-corrected chi connectivity index (χ1v) is 5.39. The molecule has 0 saturated heterocycles. The van der Waals surface area contributed by atoms with Gasteiger partial charge in [-0.05, 0) is 24.3 Å². The number of thiophene rings is 1. The van der Waals surface area contributed by atoms with Crippen molar-refractivity contribution < 1.29 is 4.79 Å². The lowest BCUT2D eigenvalue weighted by atomic mass is 10.0. The number of carbonyl (C=O) groups excluding carboxylic acids is 1. The minimum atomic E-state index is 0.128. The Morgan fingerprint density at radius 2 is 2.46 bits per heavy atom. The van der Waals surface area contributed by atoms with Crippen LogP contribution in [-0.2, 0) is 11.2 Å². The van der Waals surface area contributed by atoms with Gasteiger partial charge in [0.1, 0.15) is 0 Å². The topological polar surface area (TPSA) is 29.1 Å². The van der Waals surface area contributed by atoms with Gasteiger partial charge < -0.3 is 5.32 Å². The normalized spacial score (nSPS) is 12.5. The maximum atomic E-state index is 11.4. The molecule has 1 atom stereocenters. The van der Waals surface area contributed by atoms with Crippen LogP contribution >= 0.6 is 11.3 Å². The molecule has 3 heteroatoms. The summed E-state index contributed by atoms with van der Waals surface area (Å²) < 4.78 is 0. The zero-order chi connectivity index (χ0) is 9.68. The van der Waals surface area contributed by atoms with Crippen molar-refractivity contribution in [2.75, 3.05) is 7.05 Å². The predicted octanol–water partition coefficient (Wildman–Crippen LogP) is 2.06. The zero-order valence-corrected chi connectivity index (χ0v) is 8.86. The smallest absolute Gasteiger partial charge is 0.223 e. The summed E-state index contributed by atoms with van der Waals surface area (Å²) in [7, 11) is 1.69.